The van der Waals surface area contributed by atoms with Crippen LogP contribution in [0.1, 0.15) is 10.4 Å². The second-order valence-corrected chi connectivity index (χ2v) is 7.73. The highest BCUT2D eigenvalue weighted by atomic mass is 79.9. The molecule has 2 aromatic carbocycles. The predicted octanol–water partition coefficient (Wildman–Crippen LogP) is 3.56. The van der Waals surface area contributed by atoms with E-state index in [0.717, 1.165) is 52.8 Å². The molecule has 0 radical (unpaired) electrons. The van der Waals surface area contributed by atoms with Crippen LogP contribution in [0.5, 0.6) is 0 Å². The summed E-state index contributed by atoms with van der Waals surface area (Å²) in [4.78, 5) is 20.1. The molecule has 1 saturated heterocycles. The number of pyridine rings is 1. The number of nitrogens with zero attached hydrogens (tertiary/aromatic N) is 3. The summed E-state index contributed by atoms with van der Waals surface area (Å²) in [6, 6.07) is 17.6. The topological polar surface area (TPSA) is 48.5 Å². The van der Waals surface area contributed by atoms with Gasteiger partial charge in [0.2, 0.25) is 0 Å². The predicted molar refractivity (Wildman–Crippen MR) is 111 cm³/mol. The van der Waals surface area contributed by atoms with Gasteiger partial charge < -0.3 is 4.90 Å². The van der Waals surface area contributed by atoms with Crippen molar-refractivity contribution in [3.8, 4) is 11.3 Å². The van der Waals surface area contributed by atoms with Gasteiger partial charge in [0.15, 0.2) is 0 Å². The summed E-state index contributed by atoms with van der Waals surface area (Å²) < 4.78 is 1.01. The molecule has 1 amide bonds. The lowest BCUT2D eigenvalue weighted by atomic mass is 10.0. The first-order chi connectivity index (χ1) is 13.1. The highest BCUT2D eigenvalue weighted by Gasteiger charge is 2.19. The number of hydrogen-bond acceptors (Lipinski definition) is 4. The van der Waals surface area contributed by atoms with Gasteiger partial charge in [-0.05, 0) is 31.3 Å². The molecule has 6 heteroatoms. The van der Waals surface area contributed by atoms with E-state index in [4.69, 9.17) is 4.98 Å². The van der Waals surface area contributed by atoms with Crippen LogP contribution in [0.15, 0.2) is 59.1 Å². The van der Waals surface area contributed by atoms with E-state index in [1.54, 1.807) is 0 Å². The minimum Gasteiger partial charge on any atom is -0.304 e. The normalized spacial score (nSPS) is 15.8. The highest BCUT2D eigenvalue weighted by molar-refractivity contribution is 9.10. The van der Waals surface area contributed by atoms with E-state index < -0.39 is 0 Å². The van der Waals surface area contributed by atoms with Gasteiger partial charge in [0, 0.05) is 41.6 Å². The summed E-state index contributed by atoms with van der Waals surface area (Å²) in [7, 11) is 2.10. The van der Waals surface area contributed by atoms with E-state index in [1.807, 2.05) is 59.6 Å². The van der Waals surface area contributed by atoms with Crippen LogP contribution in [0, 0.1) is 0 Å². The van der Waals surface area contributed by atoms with Crippen LogP contribution in [0.3, 0.4) is 0 Å². The van der Waals surface area contributed by atoms with Gasteiger partial charge >= 0.3 is 0 Å². The number of halogens is 1. The molecule has 1 aliphatic heterocycles. The van der Waals surface area contributed by atoms with Crippen molar-refractivity contribution in [2.75, 3.05) is 33.2 Å². The van der Waals surface area contributed by atoms with Crippen LogP contribution in [0.2, 0.25) is 0 Å². The molecule has 0 saturated carbocycles. The number of fused-ring (bicyclic) bond motifs is 1. The van der Waals surface area contributed by atoms with Gasteiger partial charge in [-0.15, -0.1) is 0 Å². The Kier molecular flexibility index (Phi) is 5.20. The Morgan fingerprint density at radius 1 is 1.04 bits per heavy atom. The molecular formula is C21H21BrN4O. The largest absolute Gasteiger partial charge is 0.304 e. The Hall–Kier alpha value is -2.28. The van der Waals surface area contributed by atoms with E-state index >= 15 is 0 Å². The van der Waals surface area contributed by atoms with Crippen molar-refractivity contribution in [2.24, 2.45) is 0 Å². The van der Waals surface area contributed by atoms with E-state index in [2.05, 4.69) is 33.3 Å². The molecule has 2 heterocycles. The van der Waals surface area contributed by atoms with Crippen molar-refractivity contribution in [3.63, 3.8) is 0 Å². The number of likely N-dealkylation sites (N-methyl/N-ethyl adjacent to an activating group) is 1. The van der Waals surface area contributed by atoms with E-state index in [0.29, 0.717) is 5.56 Å². The van der Waals surface area contributed by atoms with Gasteiger partial charge in [-0.3, -0.25) is 10.2 Å². The lowest BCUT2D eigenvalue weighted by Gasteiger charge is -2.32. The zero-order valence-corrected chi connectivity index (χ0v) is 16.7. The van der Waals surface area contributed by atoms with Gasteiger partial charge in [-0.2, -0.15) is 0 Å². The number of para-hydroxylation sites is 1. The Balaban J connectivity index is 1.70. The highest BCUT2D eigenvalue weighted by Crippen LogP contribution is 2.26. The molecule has 5 nitrogen and oxygen atoms in total. The molecule has 138 valence electrons. The quantitative estimate of drug-likeness (QED) is 0.698. The van der Waals surface area contributed by atoms with Crippen molar-refractivity contribution >= 4 is 32.7 Å². The minimum atomic E-state index is -0.0866. The standard InChI is InChI=1S/C21H21BrN4O/c1-25-10-12-26(13-11-25)24-21(27)18-14-20(15-6-8-16(22)9-7-15)23-19-5-3-2-4-17(18)19/h2-9,14H,10-13H2,1H3,(H,24,27). The van der Waals surface area contributed by atoms with E-state index in [1.165, 1.54) is 0 Å². The Labute approximate surface area is 167 Å². The van der Waals surface area contributed by atoms with Crippen molar-refractivity contribution in [3.05, 3.63) is 64.6 Å². The average Bonchev–Trinajstić information content (AvgIpc) is 2.69. The molecule has 0 bridgehead atoms. The number of amides is 1. The second-order valence-electron chi connectivity index (χ2n) is 6.81. The number of rotatable bonds is 3. The summed E-state index contributed by atoms with van der Waals surface area (Å²) >= 11 is 3.46. The van der Waals surface area contributed by atoms with Crippen LogP contribution in [0.4, 0.5) is 0 Å². The fraction of sp³-hybridized carbons (Fsp3) is 0.238. The third-order valence-electron chi connectivity index (χ3n) is 4.86. The van der Waals surface area contributed by atoms with Crippen LogP contribution >= 0.6 is 15.9 Å². The van der Waals surface area contributed by atoms with Gasteiger partial charge in [0.05, 0.1) is 16.8 Å². The van der Waals surface area contributed by atoms with Gasteiger partial charge in [-0.25, -0.2) is 9.99 Å². The third kappa shape index (κ3) is 4.03. The molecule has 0 unspecified atom stereocenters. The number of carbonyl (C=O) groups excluding carboxylic acids is 1. The molecule has 0 atom stereocenters. The van der Waals surface area contributed by atoms with Crippen LogP contribution in [-0.2, 0) is 0 Å². The maximum atomic E-state index is 13.0. The molecule has 0 aliphatic carbocycles. The zero-order valence-electron chi connectivity index (χ0n) is 15.2. The third-order valence-corrected chi connectivity index (χ3v) is 5.39. The maximum absolute atomic E-state index is 13.0. The van der Waals surface area contributed by atoms with Crippen molar-refractivity contribution in [1.82, 2.24) is 20.3 Å². The smallest absolute Gasteiger partial charge is 0.266 e. The Morgan fingerprint density at radius 3 is 2.48 bits per heavy atom. The average molecular weight is 425 g/mol. The summed E-state index contributed by atoms with van der Waals surface area (Å²) in [6.07, 6.45) is 0. The number of hydrazine groups is 1. The van der Waals surface area contributed by atoms with Gasteiger partial charge in [-0.1, -0.05) is 46.3 Å². The molecule has 4 rings (SSSR count). The maximum Gasteiger partial charge on any atom is 0.266 e. The lowest BCUT2D eigenvalue weighted by molar-refractivity contribution is 0.0664. The molecule has 3 aromatic rings. The summed E-state index contributed by atoms with van der Waals surface area (Å²) in [5.74, 6) is -0.0866. The monoisotopic (exact) mass is 424 g/mol. The lowest BCUT2D eigenvalue weighted by Crippen LogP contribution is -2.52. The minimum absolute atomic E-state index is 0.0866. The molecule has 1 N–H and O–H groups in total. The molecule has 1 aliphatic rings. The number of aromatic nitrogens is 1. The number of nitrogens with one attached hydrogen (secondary N) is 1. The fourth-order valence-corrected chi connectivity index (χ4v) is 3.52. The number of hydrogen-bond donors (Lipinski definition) is 1. The Bertz CT molecular complexity index is 966. The van der Waals surface area contributed by atoms with Gasteiger partial charge in [0.1, 0.15) is 0 Å². The summed E-state index contributed by atoms with van der Waals surface area (Å²) in [5, 5.41) is 2.86. The molecular weight excluding hydrogens is 404 g/mol. The van der Waals surface area contributed by atoms with Crippen molar-refractivity contribution in [2.45, 2.75) is 0 Å². The number of benzene rings is 2. The number of piperazine rings is 1. The van der Waals surface area contributed by atoms with Gasteiger partial charge in [0.25, 0.3) is 5.91 Å². The summed E-state index contributed by atoms with van der Waals surface area (Å²) in [5.41, 5.74) is 6.32. The molecule has 1 aromatic heterocycles. The molecule has 27 heavy (non-hydrogen) atoms. The molecule has 0 spiro atoms. The zero-order chi connectivity index (χ0) is 18.8. The Morgan fingerprint density at radius 2 is 1.74 bits per heavy atom. The molecule has 1 fully saturated rings. The van der Waals surface area contributed by atoms with E-state index in [9.17, 15) is 4.79 Å². The van der Waals surface area contributed by atoms with Crippen molar-refractivity contribution < 1.29 is 4.79 Å². The SMILES string of the molecule is CN1CCN(NC(=O)c2cc(-c3ccc(Br)cc3)nc3ccccc23)CC1. The number of carbonyl (C=O) groups is 1. The second kappa shape index (κ2) is 7.76. The van der Waals surface area contributed by atoms with Crippen LogP contribution in [-0.4, -0.2) is 54.0 Å². The first-order valence-corrected chi connectivity index (χ1v) is 9.80. The fourth-order valence-electron chi connectivity index (χ4n) is 3.25. The van der Waals surface area contributed by atoms with E-state index in [-0.39, 0.29) is 5.91 Å². The van der Waals surface area contributed by atoms with Crippen molar-refractivity contribution in [1.29, 1.82) is 0 Å². The first kappa shape index (κ1) is 18.1. The van der Waals surface area contributed by atoms with Crippen LogP contribution < -0.4 is 5.43 Å². The van der Waals surface area contributed by atoms with Crippen LogP contribution in [0.25, 0.3) is 22.2 Å². The summed E-state index contributed by atoms with van der Waals surface area (Å²) in [6.45, 7) is 3.54. The first-order valence-electron chi connectivity index (χ1n) is 9.00.